The Labute approximate surface area is 153 Å². The van der Waals surface area contributed by atoms with Crippen LogP contribution < -0.4 is 0 Å². The van der Waals surface area contributed by atoms with Crippen LogP contribution in [-0.4, -0.2) is 43.0 Å². The van der Waals surface area contributed by atoms with Gasteiger partial charge in [-0.1, -0.05) is 12.1 Å². The van der Waals surface area contributed by atoms with Gasteiger partial charge in [-0.3, -0.25) is 9.48 Å². The van der Waals surface area contributed by atoms with E-state index in [-0.39, 0.29) is 11.9 Å². The smallest absolute Gasteiger partial charge is 0.227 e. The molecule has 6 nitrogen and oxygen atoms in total. The van der Waals surface area contributed by atoms with E-state index in [1.165, 1.54) is 0 Å². The molecule has 134 valence electrons. The zero-order valence-electron chi connectivity index (χ0n) is 15.0. The highest BCUT2D eigenvalue weighted by atomic mass is 16.2. The lowest BCUT2D eigenvalue weighted by Crippen LogP contribution is -2.39. The van der Waals surface area contributed by atoms with Crippen molar-refractivity contribution in [2.45, 2.75) is 38.8 Å². The van der Waals surface area contributed by atoms with Crippen LogP contribution in [0.4, 0.5) is 0 Å². The lowest BCUT2D eigenvalue weighted by atomic mass is 10.1. The molecule has 1 atom stereocenters. The summed E-state index contributed by atoms with van der Waals surface area (Å²) < 4.78 is 3.76. The van der Waals surface area contributed by atoms with Crippen LogP contribution in [0.3, 0.4) is 0 Å². The van der Waals surface area contributed by atoms with Gasteiger partial charge in [-0.15, -0.1) is 0 Å². The Morgan fingerprint density at radius 2 is 2.08 bits per heavy atom. The van der Waals surface area contributed by atoms with E-state index < -0.39 is 0 Å². The zero-order chi connectivity index (χ0) is 17.9. The van der Waals surface area contributed by atoms with Crippen molar-refractivity contribution in [1.82, 2.24) is 24.5 Å². The number of amides is 1. The van der Waals surface area contributed by atoms with Crippen molar-refractivity contribution in [2.24, 2.45) is 0 Å². The Balaban J connectivity index is 1.40. The van der Waals surface area contributed by atoms with E-state index in [2.05, 4.69) is 10.2 Å². The quantitative estimate of drug-likeness (QED) is 0.711. The average molecular weight is 349 g/mol. The van der Waals surface area contributed by atoms with Crippen molar-refractivity contribution in [3.63, 3.8) is 0 Å². The molecule has 3 aromatic rings. The lowest BCUT2D eigenvalue weighted by molar-refractivity contribution is -0.131. The van der Waals surface area contributed by atoms with Crippen molar-refractivity contribution in [1.29, 1.82) is 0 Å². The minimum absolute atomic E-state index is 0.197. The van der Waals surface area contributed by atoms with Gasteiger partial charge in [-0.2, -0.15) is 10.2 Å². The monoisotopic (exact) mass is 349 g/mol. The summed E-state index contributed by atoms with van der Waals surface area (Å²) in [5.41, 5.74) is 3.18. The van der Waals surface area contributed by atoms with Gasteiger partial charge < -0.3 is 4.90 Å². The highest BCUT2D eigenvalue weighted by molar-refractivity contribution is 5.79. The molecule has 2 aromatic heterocycles. The van der Waals surface area contributed by atoms with Crippen LogP contribution >= 0.6 is 0 Å². The minimum Gasteiger partial charge on any atom is -0.338 e. The van der Waals surface area contributed by atoms with Gasteiger partial charge in [0.05, 0.1) is 30.9 Å². The van der Waals surface area contributed by atoms with E-state index >= 15 is 0 Å². The predicted molar refractivity (Wildman–Crippen MR) is 99.0 cm³/mol. The van der Waals surface area contributed by atoms with Gasteiger partial charge in [-0.25, -0.2) is 4.68 Å². The highest BCUT2D eigenvalue weighted by Gasteiger charge is 2.29. The molecule has 26 heavy (non-hydrogen) atoms. The van der Waals surface area contributed by atoms with E-state index in [9.17, 15) is 4.79 Å². The normalized spacial score (nSPS) is 17.0. The van der Waals surface area contributed by atoms with Crippen molar-refractivity contribution >= 4 is 5.91 Å². The molecule has 1 fully saturated rings. The SMILES string of the molecule is Cc1cnn(C[C@@H]2CCCN2C(=O)Cc2ccc(-n3cccn3)cc2)c1. The van der Waals surface area contributed by atoms with E-state index in [4.69, 9.17) is 0 Å². The molecule has 0 spiro atoms. The predicted octanol–water partition coefficient (Wildman–Crippen LogP) is 2.61. The average Bonchev–Trinajstić information content (AvgIpc) is 3.38. The van der Waals surface area contributed by atoms with Crippen LogP contribution in [0.5, 0.6) is 0 Å². The molecule has 1 saturated heterocycles. The van der Waals surface area contributed by atoms with Crippen LogP contribution in [0.1, 0.15) is 24.0 Å². The number of aryl methyl sites for hydroxylation is 1. The first-order chi connectivity index (χ1) is 12.7. The molecule has 0 saturated carbocycles. The molecule has 1 aliphatic rings. The van der Waals surface area contributed by atoms with Crippen LogP contribution in [0.15, 0.2) is 55.1 Å². The molecule has 4 rings (SSSR count). The summed E-state index contributed by atoms with van der Waals surface area (Å²) in [6.45, 7) is 3.65. The van der Waals surface area contributed by atoms with Crippen LogP contribution in [0.2, 0.25) is 0 Å². The molecule has 0 N–H and O–H groups in total. The fourth-order valence-corrected chi connectivity index (χ4v) is 3.60. The summed E-state index contributed by atoms with van der Waals surface area (Å²) in [6.07, 6.45) is 10.1. The molecule has 1 amide bonds. The van der Waals surface area contributed by atoms with Crippen LogP contribution in [0, 0.1) is 6.92 Å². The Kier molecular flexibility index (Phi) is 4.56. The maximum Gasteiger partial charge on any atom is 0.227 e. The first-order valence-corrected chi connectivity index (χ1v) is 9.06. The van der Waals surface area contributed by atoms with E-state index in [0.717, 1.165) is 42.7 Å². The Morgan fingerprint density at radius 1 is 1.23 bits per heavy atom. The van der Waals surface area contributed by atoms with Gasteiger partial charge >= 0.3 is 0 Å². The number of likely N-dealkylation sites (tertiary alicyclic amines) is 1. The second kappa shape index (κ2) is 7.15. The third kappa shape index (κ3) is 3.54. The van der Waals surface area contributed by atoms with Crippen LogP contribution in [-0.2, 0) is 17.8 Å². The zero-order valence-corrected chi connectivity index (χ0v) is 15.0. The summed E-state index contributed by atoms with van der Waals surface area (Å²) in [5.74, 6) is 0.197. The van der Waals surface area contributed by atoms with Gasteiger partial charge in [0, 0.05) is 25.1 Å². The van der Waals surface area contributed by atoms with E-state index in [1.54, 1.807) is 6.20 Å². The third-order valence-corrected chi connectivity index (χ3v) is 4.92. The Hall–Kier alpha value is -2.89. The second-order valence-corrected chi connectivity index (χ2v) is 6.92. The molecule has 3 heterocycles. The number of aromatic nitrogens is 4. The van der Waals surface area contributed by atoms with Crippen molar-refractivity contribution in [3.05, 3.63) is 66.2 Å². The number of benzene rings is 1. The summed E-state index contributed by atoms with van der Waals surface area (Å²) in [5, 5.41) is 8.59. The molecule has 0 unspecified atom stereocenters. The fourth-order valence-electron chi connectivity index (χ4n) is 3.60. The van der Waals surface area contributed by atoms with E-state index in [0.29, 0.717) is 6.42 Å². The number of carbonyl (C=O) groups is 1. The number of hydrogen-bond donors (Lipinski definition) is 0. The topological polar surface area (TPSA) is 56.0 Å². The maximum atomic E-state index is 12.8. The van der Waals surface area contributed by atoms with Crippen LogP contribution in [0.25, 0.3) is 5.69 Å². The third-order valence-electron chi connectivity index (χ3n) is 4.92. The van der Waals surface area contributed by atoms with Crippen molar-refractivity contribution in [2.75, 3.05) is 6.54 Å². The first kappa shape index (κ1) is 16.6. The summed E-state index contributed by atoms with van der Waals surface area (Å²) >= 11 is 0. The Bertz CT molecular complexity index is 866. The number of carbonyl (C=O) groups excluding carboxylic acids is 1. The minimum atomic E-state index is 0.197. The molecular weight excluding hydrogens is 326 g/mol. The van der Waals surface area contributed by atoms with Gasteiger partial charge in [0.25, 0.3) is 0 Å². The van der Waals surface area contributed by atoms with Gasteiger partial charge in [-0.05, 0) is 49.1 Å². The molecule has 0 aliphatic carbocycles. The number of rotatable bonds is 5. The van der Waals surface area contributed by atoms with E-state index in [1.807, 2.05) is 70.1 Å². The highest BCUT2D eigenvalue weighted by Crippen LogP contribution is 2.20. The lowest BCUT2D eigenvalue weighted by Gasteiger charge is -2.25. The summed E-state index contributed by atoms with van der Waals surface area (Å²) in [7, 11) is 0. The number of nitrogens with zero attached hydrogens (tertiary/aromatic N) is 5. The first-order valence-electron chi connectivity index (χ1n) is 9.06. The molecule has 1 aromatic carbocycles. The summed E-state index contributed by atoms with van der Waals surface area (Å²) in [4.78, 5) is 14.8. The second-order valence-electron chi connectivity index (χ2n) is 6.92. The largest absolute Gasteiger partial charge is 0.338 e. The molecule has 1 aliphatic heterocycles. The fraction of sp³-hybridized carbons (Fsp3) is 0.350. The maximum absolute atomic E-state index is 12.8. The summed E-state index contributed by atoms with van der Waals surface area (Å²) in [6, 6.07) is 10.2. The van der Waals surface area contributed by atoms with Crippen molar-refractivity contribution in [3.8, 4) is 5.69 Å². The molecule has 0 bridgehead atoms. The molecule has 0 radical (unpaired) electrons. The standard InChI is InChI=1S/C20H23N5O/c1-16-13-22-23(14-16)15-19-4-2-10-24(19)20(26)12-17-5-7-18(8-6-17)25-11-3-9-21-25/h3,5-9,11,13-14,19H,2,4,10,12,15H2,1H3/t19-/m0/s1. The van der Waals surface area contributed by atoms with Gasteiger partial charge in [0.2, 0.25) is 5.91 Å². The molecular formula is C20H23N5O. The van der Waals surface area contributed by atoms with Crippen molar-refractivity contribution < 1.29 is 4.79 Å². The molecule has 6 heteroatoms. The Morgan fingerprint density at radius 3 is 2.77 bits per heavy atom. The number of hydrogen-bond acceptors (Lipinski definition) is 3. The van der Waals surface area contributed by atoms with Gasteiger partial charge in [0.15, 0.2) is 0 Å². The van der Waals surface area contributed by atoms with Gasteiger partial charge in [0.1, 0.15) is 0 Å².